The van der Waals surface area contributed by atoms with Crippen LogP contribution in [0.15, 0.2) is 42.7 Å². The topological polar surface area (TPSA) is 76.4 Å². The zero-order valence-corrected chi connectivity index (χ0v) is 12.9. The van der Waals surface area contributed by atoms with Crippen LogP contribution in [-0.2, 0) is 11.3 Å². The van der Waals surface area contributed by atoms with Gasteiger partial charge < -0.3 is 15.2 Å². The van der Waals surface area contributed by atoms with Gasteiger partial charge in [-0.2, -0.15) is 5.10 Å². The number of nitrogens with zero attached hydrogens (tertiary/aromatic N) is 2. The summed E-state index contributed by atoms with van der Waals surface area (Å²) in [5.41, 5.74) is 0.977. The van der Waals surface area contributed by atoms with E-state index in [0.717, 1.165) is 31.2 Å². The first-order valence-corrected chi connectivity index (χ1v) is 7.91. The first-order valence-electron chi connectivity index (χ1n) is 7.91. The number of aromatic nitrogens is 2. The van der Waals surface area contributed by atoms with E-state index in [0.29, 0.717) is 0 Å². The fraction of sp³-hybridized carbons (Fsp3) is 0.412. The lowest BCUT2D eigenvalue weighted by Gasteiger charge is -2.28. The average Bonchev–Trinajstić information content (AvgIpc) is 3.01. The first-order chi connectivity index (χ1) is 11.2. The molecule has 1 aromatic carbocycles. The van der Waals surface area contributed by atoms with Crippen molar-refractivity contribution in [1.82, 2.24) is 15.1 Å². The summed E-state index contributed by atoms with van der Waals surface area (Å²) in [5.74, 6) is 0.190. The zero-order chi connectivity index (χ0) is 16.1. The Morgan fingerprint density at radius 1 is 1.26 bits per heavy atom. The number of benzene rings is 1. The van der Waals surface area contributed by atoms with Crippen molar-refractivity contribution in [2.45, 2.75) is 44.4 Å². The lowest BCUT2D eigenvalue weighted by Crippen LogP contribution is -2.38. The highest BCUT2D eigenvalue weighted by Crippen LogP contribution is 2.28. The number of carbonyl (C=O) groups excluding carboxylic acids is 1. The monoisotopic (exact) mass is 315 g/mol. The fourth-order valence-corrected chi connectivity index (χ4v) is 2.94. The highest BCUT2D eigenvalue weighted by atomic mass is 16.5. The van der Waals surface area contributed by atoms with Crippen molar-refractivity contribution >= 4 is 6.09 Å². The quantitative estimate of drug-likeness (QED) is 0.909. The van der Waals surface area contributed by atoms with Gasteiger partial charge in [-0.25, -0.2) is 4.79 Å². The number of aromatic hydroxyl groups is 1. The van der Waals surface area contributed by atoms with Crippen molar-refractivity contribution < 1.29 is 14.6 Å². The highest BCUT2D eigenvalue weighted by Gasteiger charge is 2.24. The summed E-state index contributed by atoms with van der Waals surface area (Å²) < 4.78 is 7.05. The molecule has 0 radical (unpaired) electrons. The molecule has 122 valence electrons. The van der Waals surface area contributed by atoms with Crippen molar-refractivity contribution in [3.05, 3.63) is 48.3 Å². The van der Waals surface area contributed by atoms with Crippen LogP contribution in [0.25, 0.3) is 0 Å². The van der Waals surface area contributed by atoms with E-state index in [9.17, 15) is 9.90 Å². The predicted molar refractivity (Wildman–Crippen MR) is 84.9 cm³/mol. The molecule has 0 atom stereocenters. The minimum atomic E-state index is -0.367. The molecule has 2 N–H and O–H groups in total. The molecule has 1 saturated carbocycles. The van der Waals surface area contributed by atoms with E-state index >= 15 is 0 Å². The van der Waals surface area contributed by atoms with Crippen molar-refractivity contribution in [3.63, 3.8) is 0 Å². The molecule has 6 heteroatoms. The number of hydrogen-bond donors (Lipinski definition) is 2. The summed E-state index contributed by atoms with van der Waals surface area (Å²) >= 11 is 0. The molecule has 3 rings (SSSR count). The molecule has 1 aromatic heterocycles. The van der Waals surface area contributed by atoms with Gasteiger partial charge in [0, 0.05) is 6.04 Å². The zero-order valence-electron chi connectivity index (χ0n) is 12.9. The van der Waals surface area contributed by atoms with Gasteiger partial charge in [0.05, 0.1) is 18.4 Å². The Balaban J connectivity index is 1.41. The molecule has 0 spiro atoms. The molecule has 2 aromatic rings. The standard InChI is InChI=1S/C17H21N3O3/c21-16-10-18-20(11-16)15-8-6-14(7-9-15)19-17(22)23-12-13-4-2-1-3-5-13/h1-5,10-11,14-15,21H,6-9,12H2,(H,19,22). The number of ether oxygens (including phenoxy) is 1. The van der Waals surface area contributed by atoms with Crippen LogP contribution in [-0.4, -0.2) is 27.0 Å². The molecule has 1 fully saturated rings. The van der Waals surface area contributed by atoms with Crippen LogP contribution >= 0.6 is 0 Å². The maximum atomic E-state index is 11.9. The number of rotatable bonds is 4. The second-order valence-corrected chi connectivity index (χ2v) is 5.89. The molecule has 0 bridgehead atoms. The third kappa shape index (κ3) is 4.25. The number of carbonyl (C=O) groups is 1. The molecular weight excluding hydrogens is 294 g/mol. The van der Waals surface area contributed by atoms with Gasteiger partial charge in [0.2, 0.25) is 0 Å². The first kappa shape index (κ1) is 15.4. The summed E-state index contributed by atoms with van der Waals surface area (Å²) in [7, 11) is 0. The van der Waals surface area contributed by atoms with E-state index < -0.39 is 0 Å². The van der Waals surface area contributed by atoms with Crippen LogP contribution < -0.4 is 5.32 Å². The number of alkyl carbamates (subject to hydrolysis) is 1. The molecule has 1 heterocycles. The summed E-state index contributed by atoms with van der Waals surface area (Å²) in [5, 5.41) is 16.4. The van der Waals surface area contributed by atoms with Crippen LogP contribution in [0.4, 0.5) is 4.79 Å². The van der Waals surface area contributed by atoms with Crippen LogP contribution in [0.5, 0.6) is 5.75 Å². The van der Waals surface area contributed by atoms with Gasteiger partial charge in [-0.3, -0.25) is 4.68 Å². The van der Waals surface area contributed by atoms with Crippen molar-refractivity contribution in [1.29, 1.82) is 0 Å². The summed E-state index contributed by atoms with van der Waals surface area (Å²) in [6, 6.07) is 10.1. The van der Waals surface area contributed by atoms with Gasteiger partial charge >= 0.3 is 6.09 Å². The van der Waals surface area contributed by atoms with Crippen LogP contribution in [0.1, 0.15) is 37.3 Å². The fourth-order valence-electron chi connectivity index (χ4n) is 2.94. The van der Waals surface area contributed by atoms with E-state index in [2.05, 4.69) is 10.4 Å². The van der Waals surface area contributed by atoms with Crippen LogP contribution in [0.3, 0.4) is 0 Å². The molecule has 1 amide bonds. The van der Waals surface area contributed by atoms with Gasteiger partial charge in [-0.15, -0.1) is 0 Å². The minimum Gasteiger partial charge on any atom is -0.505 e. The van der Waals surface area contributed by atoms with Crippen LogP contribution in [0, 0.1) is 0 Å². The van der Waals surface area contributed by atoms with E-state index in [1.165, 1.54) is 6.20 Å². The van der Waals surface area contributed by atoms with Gasteiger partial charge in [0.25, 0.3) is 0 Å². The Kier molecular flexibility index (Phi) is 4.80. The second-order valence-electron chi connectivity index (χ2n) is 5.89. The Morgan fingerprint density at radius 2 is 2.00 bits per heavy atom. The SMILES string of the molecule is O=C(NC1CCC(n2cc(O)cn2)CC1)OCc1ccccc1. The summed E-state index contributed by atoms with van der Waals surface area (Å²) in [6.07, 6.45) is 6.33. The third-order valence-corrected chi connectivity index (χ3v) is 4.19. The Labute approximate surface area is 135 Å². The molecule has 0 unspecified atom stereocenters. The lowest BCUT2D eigenvalue weighted by atomic mass is 9.91. The molecule has 23 heavy (non-hydrogen) atoms. The lowest BCUT2D eigenvalue weighted by molar-refractivity contribution is 0.131. The molecule has 0 saturated heterocycles. The Morgan fingerprint density at radius 3 is 2.65 bits per heavy atom. The highest BCUT2D eigenvalue weighted by molar-refractivity contribution is 5.67. The van der Waals surface area contributed by atoms with E-state index in [-0.39, 0.29) is 30.5 Å². The molecule has 1 aliphatic carbocycles. The normalized spacial score (nSPS) is 20.9. The Hall–Kier alpha value is -2.50. The van der Waals surface area contributed by atoms with E-state index in [1.807, 2.05) is 30.3 Å². The average molecular weight is 315 g/mol. The van der Waals surface area contributed by atoms with Crippen molar-refractivity contribution in [3.8, 4) is 5.75 Å². The number of hydrogen-bond acceptors (Lipinski definition) is 4. The minimum absolute atomic E-state index is 0.138. The second kappa shape index (κ2) is 7.17. The van der Waals surface area contributed by atoms with Gasteiger partial charge in [0.1, 0.15) is 6.61 Å². The smallest absolute Gasteiger partial charge is 0.407 e. The molecule has 1 aliphatic rings. The Bertz CT molecular complexity index is 634. The maximum Gasteiger partial charge on any atom is 0.407 e. The number of amides is 1. The molecule has 6 nitrogen and oxygen atoms in total. The van der Waals surface area contributed by atoms with Crippen LogP contribution in [0.2, 0.25) is 0 Å². The van der Waals surface area contributed by atoms with Gasteiger partial charge in [-0.1, -0.05) is 30.3 Å². The summed E-state index contributed by atoms with van der Waals surface area (Å²) in [4.78, 5) is 11.9. The van der Waals surface area contributed by atoms with Crippen molar-refractivity contribution in [2.75, 3.05) is 0 Å². The largest absolute Gasteiger partial charge is 0.505 e. The van der Waals surface area contributed by atoms with E-state index in [1.54, 1.807) is 10.9 Å². The predicted octanol–water partition coefficient (Wildman–Crippen LogP) is 3.00. The third-order valence-electron chi connectivity index (χ3n) is 4.19. The van der Waals surface area contributed by atoms with E-state index in [4.69, 9.17) is 4.74 Å². The number of nitrogens with one attached hydrogen (secondary N) is 1. The molecule has 0 aliphatic heterocycles. The van der Waals surface area contributed by atoms with Crippen molar-refractivity contribution in [2.24, 2.45) is 0 Å². The summed E-state index contributed by atoms with van der Waals surface area (Å²) in [6.45, 7) is 0.286. The van der Waals surface area contributed by atoms with Gasteiger partial charge in [-0.05, 0) is 31.2 Å². The maximum absolute atomic E-state index is 11.9. The molecular formula is C17H21N3O3. The van der Waals surface area contributed by atoms with Gasteiger partial charge in [0.15, 0.2) is 5.75 Å².